The van der Waals surface area contributed by atoms with Crippen LogP contribution in [0.1, 0.15) is 44.3 Å². The van der Waals surface area contributed by atoms with Crippen molar-refractivity contribution in [3.05, 3.63) is 30.1 Å². The summed E-state index contributed by atoms with van der Waals surface area (Å²) >= 11 is 0. The quantitative estimate of drug-likeness (QED) is 0.883. The predicted octanol–water partition coefficient (Wildman–Crippen LogP) is 2.15. The molecule has 0 radical (unpaired) electrons. The SMILES string of the molecule is CC(NC(=O)C1CCCCC1C(=O)O)c1ccccn1. The molecule has 108 valence electrons. The van der Waals surface area contributed by atoms with Crippen molar-refractivity contribution < 1.29 is 14.7 Å². The van der Waals surface area contributed by atoms with E-state index in [1.807, 2.05) is 25.1 Å². The van der Waals surface area contributed by atoms with Crippen molar-refractivity contribution in [2.75, 3.05) is 0 Å². The molecule has 3 unspecified atom stereocenters. The van der Waals surface area contributed by atoms with Crippen LogP contribution in [0.4, 0.5) is 0 Å². The highest BCUT2D eigenvalue weighted by molar-refractivity contribution is 5.85. The molecule has 3 atom stereocenters. The Balaban J connectivity index is 2.01. The average Bonchev–Trinajstić information content (AvgIpc) is 2.48. The van der Waals surface area contributed by atoms with Crippen LogP contribution in [0.15, 0.2) is 24.4 Å². The predicted molar refractivity (Wildman–Crippen MR) is 73.9 cm³/mol. The summed E-state index contributed by atoms with van der Waals surface area (Å²) in [5, 5.41) is 12.1. The van der Waals surface area contributed by atoms with Gasteiger partial charge in [0.2, 0.25) is 5.91 Å². The molecule has 1 amide bonds. The van der Waals surface area contributed by atoms with Crippen LogP contribution >= 0.6 is 0 Å². The Labute approximate surface area is 118 Å². The van der Waals surface area contributed by atoms with Crippen LogP contribution in [0.25, 0.3) is 0 Å². The second kappa shape index (κ2) is 6.50. The maximum absolute atomic E-state index is 12.3. The van der Waals surface area contributed by atoms with Gasteiger partial charge in [-0.05, 0) is 31.9 Å². The van der Waals surface area contributed by atoms with Gasteiger partial charge in [0.1, 0.15) is 0 Å². The van der Waals surface area contributed by atoms with E-state index in [0.717, 1.165) is 18.5 Å². The molecule has 20 heavy (non-hydrogen) atoms. The number of amides is 1. The van der Waals surface area contributed by atoms with Crippen LogP contribution in [-0.2, 0) is 9.59 Å². The van der Waals surface area contributed by atoms with Gasteiger partial charge in [-0.2, -0.15) is 0 Å². The van der Waals surface area contributed by atoms with Gasteiger partial charge in [-0.3, -0.25) is 14.6 Å². The first kappa shape index (κ1) is 14.5. The number of rotatable bonds is 4. The molecular formula is C15H20N2O3. The summed E-state index contributed by atoms with van der Waals surface area (Å²) < 4.78 is 0. The number of pyridine rings is 1. The van der Waals surface area contributed by atoms with E-state index in [0.29, 0.717) is 12.8 Å². The van der Waals surface area contributed by atoms with Crippen LogP contribution in [0, 0.1) is 11.8 Å². The van der Waals surface area contributed by atoms with Crippen LogP contribution in [0.3, 0.4) is 0 Å². The van der Waals surface area contributed by atoms with E-state index >= 15 is 0 Å². The minimum Gasteiger partial charge on any atom is -0.481 e. The standard InChI is InChI=1S/C15H20N2O3/c1-10(13-8-4-5-9-16-13)17-14(18)11-6-2-3-7-12(11)15(19)20/h4-5,8-12H,2-3,6-7H2,1H3,(H,17,18)(H,19,20). The molecule has 1 fully saturated rings. The molecule has 1 aliphatic carbocycles. The fourth-order valence-electron chi connectivity index (χ4n) is 2.77. The molecule has 1 aromatic rings. The van der Waals surface area contributed by atoms with E-state index in [1.54, 1.807) is 6.20 Å². The van der Waals surface area contributed by atoms with Gasteiger partial charge < -0.3 is 10.4 Å². The molecule has 2 rings (SSSR count). The van der Waals surface area contributed by atoms with Gasteiger partial charge in [0.05, 0.1) is 23.6 Å². The van der Waals surface area contributed by atoms with E-state index in [1.165, 1.54) is 0 Å². The minimum atomic E-state index is -0.865. The summed E-state index contributed by atoms with van der Waals surface area (Å²) in [5.74, 6) is -2.02. The van der Waals surface area contributed by atoms with Gasteiger partial charge in [-0.15, -0.1) is 0 Å². The van der Waals surface area contributed by atoms with E-state index < -0.39 is 17.8 Å². The van der Waals surface area contributed by atoms with Gasteiger partial charge in [-0.1, -0.05) is 18.9 Å². The minimum absolute atomic E-state index is 0.171. The normalized spacial score (nSPS) is 23.9. The van der Waals surface area contributed by atoms with E-state index in [2.05, 4.69) is 10.3 Å². The Morgan fingerprint density at radius 1 is 1.30 bits per heavy atom. The lowest BCUT2D eigenvalue weighted by Gasteiger charge is -2.28. The third-order valence-corrected chi connectivity index (χ3v) is 3.91. The molecule has 0 spiro atoms. The van der Waals surface area contributed by atoms with Gasteiger partial charge in [0, 0.05) is 6.20 Å². The first-order valence-electron chi connectivity index (χ1n) is 7.03. The van der Waals surface area contributed by atoms with Crippen molar-refractivity contribution >= 4 is 11.9 Å². The Kier molecular flexibility index (Phi) is 4.71. The number of hydrogen-bond acceptors (Lipinski definition) is 3. The second-order valence-electron chi connectivity index (χ2n) is 5.32. The number of carbonyl (C=O) groups is 2. The summed E-state index contributed by atoms with van der Waals surface area (Å²) in [6.07, 6.45) is 4.72. The zero-order valence-electron chi connectivity index (χ0n) is 11.6. The van der Waals surface area contributed by atoms with Crippen molar-refractivity contribution in [2.45, 2.75) is 38.6 Å². The van der Waals surface area contributed by atoms with Crippen LogP contribution in [0.2, 0.25) is 0 Å². The first-order valence-corrected chi connectivity index (χ1v) is 7.03. The summed E-state index contributed by atoms with van der Waals surface area (Å²) in [4.78, 5) is 27.7. The number of nitrogens with one attached hydrogen (secondary N) is 1. The Bertz CT molecular complexity index is 475. The molecule has 1 heterocycles. The summed E-state index contributed by atoms with van der Waals surface area (Å²) in [5.41, 5.74) is 0.781. The Morgan fingerprint density at radius 2 is 2.00 bits per heavy atom. The number of carboxylic acids is 1. The Hall–Kier alpha value is -1.91. The van der Waals surface area contributed by atoms with Crippen LogP contribution < -0.4 is 5.32 Å². The van der Waals surface area contributed by atoms with Crippen LogP contribution in [0.5, 0.6) is 0 Å². The summed E-state index contributed by atoms with van der Waals surface area (Å²) in [6, 6.07) is 5.33. The van der Waals surface area contributed by atoms with Crippen molar-refractivity contribution in [3.63, 3.8) is 0 Å². The van der Waals surface area contributed by atoms with Crippen LogP contribution in [-0.4, -0.2) is 22.0 Å². The monoisotopic (exact) mass is 276 g/mol. The maximum Gasteiger partial charge on any atom is 0.307 e. The highest BCUT2D eigenvalue weighted by atomic mass is 16.4. The van der Waals surface area contributed by atoms with Gasteiger partial charge >= 0.3 is 5.97 Å². The number of nitrogens with zero attached hydrogens (tertiary/aromatic N) is 1. The number of carbonyl (C=O) groups excluding carboxylic acids is 1. The highest BCUT2D eigenvalue weighted by Gasteiger charge is 2.36. The third kappa shape index (κ3) is 3.35. The Morgan fingerprint density at radius 3 is 2.60 bits per heavy atom. The van der Waals surface area contributed by atoms with Crippen molar-refractivity contribution in [3.8, 4) is 0 Å². The lowest BCUT2D eigenvalue weighted by atomic mass is 9.78. The number of aliphatic carboxylic acids is 1. The molecule has 0 aromatic carbocycles. The maximum atomic E-state index is 12.3. The second-order valence-corrected chi connectivity index (χ2v) is 5.32. The fraction of sp³-hybridized carbons (Fsp3) is 0.533. The molecule has 1 aromatic heterocycles. The molecule has 0 saturated heterocycles. The molecule has 5 heteroatoms. The van der Waals surface area contributed by atoms with E-state index in [-0.39, 0.29) is 11.9 Å². The molecule has 0 bridgehead atoms. The summed E-state index contributed by atoms with van der Waals surface area (Å²) in [7, 11) is 0. The lowest BCUT2D eigenvalue weighted by Crippen LogP contribution is -2.40. The van der Waals surface area contributed by atoms with Gasteiger partial charge in [0.25, 0.3) is 0 Å². The molecule has 0 aliphatic heterocycles. The summed E-state index contributed by atoms with van der Waals surface area (Å²) in [6.45, 7) is 1.86. The number of aromatic nitrogens is 1. The molecule has 1 saturated carbocycles. The molecule has 5 nitrogen and oxygen atoms in total. The zero-order valence-corrected chi connectivity index (χ0v) is 11.6. The largest absolute Gasteiger partial charge is 0.481 e. The first-order chi connectivity index (χ1) is 9.59. The average molecular weight is 276 g/mol. The fourth-order valence-corrected chi connectivity index (χ4v) is 2.77. The smallest absolute Gasteiger partial charge is 0.307 e. The zero-order chi connectivity index (χ0) is 14.5. The van der Waals surface area contributed by atoms with E-state index in [9.17, 15) is 14.7 Å². The van der Waals surface area contributed by atoms with Crippen molar-refractivity contribution in [2.24, 2.45) is 11.8 Å². The van der Waals surface area contributed by atoms with Gasteiger partial charge in [-0.25, -0.2) is 0 Å². The molecule has 2 N–H and O–H groups in total. The topological polar surface area (TPSA) is 79.3 Å². The lowest BCUT2D eigenvalue weighted by molar-refractivity contribution is -0.149. The van der Waals surface area contributed by atoms with Gasteiger partial charge in [0.15, 0.2) is 0 Å². The number of carboxylic acid groups (broad SMARTS) is 1. The third-order valence-electron chi connectivity index (χ3n) is 3.91. The van der Waals surface area contributed by atoms with Crippen molar-refractivity contribution in [1.82, 2.24) is 10.3 Å². The molecular weight excluding hydrogens is 256 g/mol. The van der Waals surface area contributed by atoms with E-state index in [4.69, 9.17) is 0 Å². The molecule has 1 aliphatic rings. The van der Waals surface area contributed by atoms with Crippen molar-refractivity contribution in [1.29, 1.82) is 0 Å². The highest BCUT2D eigenvalue weighted by Crippen LogP contribution is 2.30. The number of hydrogen-bond donors (Lipinski definition) is 2.